The first-order valence-corrected chi connectivity index (χ1v) is 5.04. The second-order valence-corrected chi connectivity index (χ2v) is 4.19. The van der Waals surface area contributed by atoms with E-state index in [1.165, 1.54) is 4.90 Å². The molecule has 0 saturated carbocycles. The Hall–Kier alpha value is -1.10. The van der Waals surface area contributed by atoms with E-state index in [2.05, 4.69) is 0 Å². The summed E-state index contributed by atoms with van der Waals surface area (Å²) in [5.74, 6) is -1.34. The van der Waals surface area contributed by atoms with Crippen molar-refractivity contribution in [3.05, 3.63) is 0 Å². The van der Waals surface area contributed by atoms with Crippen molar-refractivity contribution >= 4 is 11.9 Å². The second-order valence-electron chi connectivity index (χ2n) is 4.19. The van der Waals surface area contributed by atoms with Crippen LogP contribution in [-0.2, 0) is 9.59 Å². The van der Waals surface area contributed by atoms with E-state index in [0.717, 1.165) is 0 Å². The van der Waals surface area contributed by atoms with Gasteiger partial charge in [-0.15, -0.1) is 0 Å². The van der Waals surface area contributed by atoms with Crippen LogP contribution in [-0.4, -0.2) is 40.0 Å². The highest BCUT2D eigenvalue weighted by atomic mass is 16.4. The fraction of sp³-hybridized carbons (Fsp3) is 0.800. The molecule has 0 heterocycles. The van der Waals surface area contributed by atoms with Crippen molar-refractivity contribution in [2.75, 3.05) is 6.54 Å². The maximum atomic E-state index is 11.9. The number of carbonyl (C=O) groups is 2. The molecule has 0 saturated heterocycles. The minimum absolute atomic E-state index is 0.164. The number of carboxylic acid groups (broad SMARTS) is 1. The van der Waals surface area contributed by atoms with Crippen LogP contribution in [0.3, 0.4) is 0 Å². The summed E-state index contributed by atoms with van der Waals surface area (Å²) >= 11 is 0. The Balaban J connectivity index is 4.78. The molecule has 0 radical (unpaired) electrons. The molecule has 1 unspecified atom stereocenters. The maximum Gasteiger partial charge on any atom is 0.323 e. The van der Waals surface area contributed by atoms with Crippen LogP contribution in [0.1, 0.15) is 34.1 Å². The summed E-state index contributed by atoms with van der Waals surface area (Å²) in [6.45, 7) is 6.66. The Morgan fingerprint density at radius 3 is 2.20 bits per heavy atom. The van der Waals surface area contributed by atoms with Crippen LogP contribution in [0.15, 0.2) is 0 Å². The van der Waals surface area contributed by atoms with Gasteiger partial charge in [-0.2, -0.15) is 0 Å². The van der Waals surface area contributed by atoms with Crippen molar-refractivity contribution in [1.29, 1.82) is 0 Å². The summed E-state index contributed by atoms with van der Waals surface area (Å²) in [6.07, 6.45) is 0.481. The molecule has 1 atom stereocenters. The van der Waals surface area contributed by atoms with Crippen LogP contribution in [0.25, 0.3) is 0 Å². The number of amides is 1. The lowest BCUT2D eigenvalue weighted by atomic mass is 9.98. The van der Waals surface area contributed by atoms with Crippen LogP contribution >= 0.6 is 0 Å². The molecule has 5 nitrogen and oxygen atoms in total. The number of rotatable bonds is 5. The molecular formula is C10H20N2O3. The Morgan fingerprint density at radius 1 is 1.47 bits per heavy atom. The van der Waals surface area contributed by atoms with E-state index < -0.39 is 11.5 Å². The van der Waals surface area contributed by atoms with Gasteiger partial charge in [-0.05, 0) is 27.2 Å². The van der Waals surface area contributed by atoms with E-state index in [1.807, 2.05) is 0 Å². The molecule has 0 spiro atoms. The minimum Gasteiger partial charge on any atom is -0.480 e. The largest absolute Gasteiger partial charge is 0.480 e. The Bertz CT molecular complexity index is 249. The molecule has 3 N–H and O–H groups in total. The van der Waals surface area contributed by atoms with Crippen LogP contribution in [0, 0.1) is 0 Å². The number of carboxylic acids is 1. The van der Waals surface area contributed by atoms with Gasteiger partial charge in [0.25, 0.3) is 0 Å². The molecule has 0 fully saturated rings. The van der Waals surface area contributed by atoms with E-state index in [0.29, 0.717) is 6.42 Å². The first-order valence-electron chi connectivity index (χ1n) is 5.04. The van der Waals surface area contributed by atoms with Crippen molar-refractivity contribution in [2.24, 2.45) is 5.73 Å². The number of nitrogens with zero attached hydrogens (tertiary/aromatic N) is 1. The molecule has 15 heavy (non-hydrogen) atoms. The highest BCUT2D eigenvalue weighted by Crippen LogP contribution is 2.12. The Kier molecular flexibility index (Phi) is 4.74. The number of nitrogens with two attached hydrogens (primary N) is 1. The van der Waals surface area contributed by atoms with Gasteiger partial charge in [0.15, 0.2) is 0 Å². The summed E-state index contributed by atoms with van der Waals surface area (Å²) < 4.78 is 0. The standard InChI is InChI=1S/C10H20N2O3/c1-5-10(4,11)9(15)12(7(2)3)6-8(13)14/h7H,5-6,11H2,1-4H3,(H,13,14). The third-order valence-electron chi connectivity index (χ3n) is 2.41. The summed E-state index contributed by atoms with van der Waals surface area (Å²) in [6, 6.07) is -0.164. The lowest BCUT2D eigenvalue weighted by Crippen LogP contribution is -2.55. The average Bonchev–Trinajstić information content (AvgIpc) is 2.12. The van der Waals surface area contributed by atoms with Crippen molar-refractivity contribution in [3.8, 4) is 0 Å². The smallest absolute Gasteiger partial charge is 0.323 e. The fourth-order valence-corrected chi connectivity index (χ4v) is 1.11. The first kappa shape index (κ1) is 13.9. The fourth-order valence-electron chi connectivity index (χ4n) is 1.11. The van der Waals surface area contributed by atoms with Gasteiger partial charge < -0.3 is 15.7 Å². The monoisotopic (exact) mass is 216 g/mol. The minimum atomic E-state index is -1.02. The van der Waals surface area contributed by atoms with Crippen LogP contribution in [0.2, 0.25) is 0 Å². The van der Waals surface area contributed by atoms with E-state index in [4.69, 9.17) is 10.8 Å². The second kappa shape index (κ2) is 5.11. The number of hydrogen-bond acceptors (Lipinski definition) is 3. The molecule has 0 aromatic rings. The van der Waals surface area contributed by atoms with Crippen LogP contribution in [0.4, 0.5) is 0 Å². The number of hydrogen-bond donors (Lipinski definition) is 2. The third kappa shape index (κ3) is 3.87. The normalized spacial score (nSPS) is 14.8. The van der Waals surface area contributed by atoms with Gasteiger partial charge in [-0.1, -0.05) is 6.92 Å². The Morgan fingerprint density at radius 2 is 1.93 bits per heavy atom. The molecule has 0 aliphatic rings. The van der Waals surface area contributed by atoms with Crippen LogP contribution in [0.5, 0.6) is 0 Å². The molecule has 5 heteroatoms. The average molecular weight is 216 g/mol. The highest BCUT2D eigenvalue weighted by molar-refractivity contribution is 5.88. The summed E-state index contributed by atoms with van der Waals surface area (Å²) in [7, 11) is 0. The maximum absolute atomic E-state index is 11.9. The molecular weight excluding hydrogens is 196 g/mol. The zero-order valence-corrected chi connectivity index (χ0v) is 9.78. The molecule has 0 bridgehead atoms. The topological polar surface area (TPSA) is 83.6 Å². The lowest BCUT2D eigenvalue weighted by molar-refractivity contribution is -0.148. The first-order chi connectivity index (χ1) is 6.72. The molecule has 1 amide bonds. The van der Waals surface area contributed by atoms with Crippen LogP contribution < -0.4 is 5.73 Å². The predicted octanol–water partition coefficient (Wildman–Crippen LogP) is 0.435. The molecule has 0 aromatic heterocycles. The van der Waals surface area contributed by atoms with Crippen molar-refractivity contribution < 1.29 is 14.7 Å². The van der Waals surface area contributed by atoms with E-state index in [1.54, 1.807) is 27.7 Å². The van der Waals surface area contributed by atoms with Gasteiger partial charge in [0.1, 0.15) is 6.54 Å². The number of carbonyl (C=O) groups excluding carboxylic acids is 1. The number of aliphatic carboxylic acids is 1. The molecule has 0 aliphatic carbocycles. The van der Waals surface area contributed by atoms with Gasteiger partial charge in [-0.25, -0.2) is 0 Å². The van der Waals surface area contributed by atoms with Crippen molar-refractivity contribution in [3.63, 3.8) is 0 Å². The van der Waals surface area contributed by atoms with Crippen molar-refractivity contribution in [2.45, 2.75) is 45.7 Å². The zero-order chi connectivity index (χ0) is 12.2. The third-order valence-corrected chi connectivity index (χ3v) is 2.41. The van der Waals surface area contributed by atoms with E-state index in [9.17, 15) is 9.59 Å². The molecule has 0 aliphatic heterocycles. The van der Waals surface area contributed by atoms with Gasteiger partial charge in [0.05, 0.1) is 5.54 Å². The van der Waals surface area contributed by atoms with Gasteiger partial charge in [0.2, 0.25) is 5.91 Å². The van der Waals surface area contributed by atoms with Gasteiger partial charge >= 0.3 is 5.97 Å². The lowest BCUT2D eigenvalue weighted by Gasteiger charge is -2.32. The SMILES string of the molecule is CCC(C)(N)C(=O)N(CC(=O)O)C(C)C. The zero-order valence-electron chi connectivity index (χ0n) is 9.78. The Labute approximate surface area is 90.2 Å². The highest BCUT2D eigenvalue weighted by Gasteiger charge is 2.33. The summed E-state index contributed by atoms with van der Waals surface area (Å²) in [5, 5.41) is 8.69. The molecule has 88 valence electrons. The summed E-state index contributed by atoms with van der Waals surface area (Å²) in [4.78, 5) is 23.8. The molecule has 0 rings (SSSR count). The summed E-state index contributed by atoms with van der Waals surface area (Å²) in [5.41, 5.74) is 4.80. The van der Waals surface area contributed by atoms with Crippen molar-refractivity contribution in [1.82, 2.24) is 4.90 Å². The molecule has 0 aromatic carbocycles. The quantitative estimate of drug-likeness (QED) is 0.698. The van der Waals surface area contributed by atoms with Gasteiger partial charge in [0, 0.05) is 6.04 Å². The van der Waals surface area contributed by atoms with Gasteiger partial charge in [-0.3, -0.25) is 9.59 Å². The van der Waals surface area contributed by atoms with E-state index in [-0.39, 0.29) is 18.5 Å². The predicted molar refractivity (Wildman–Crippen MR) is 57.4 cm³/mol. The van der Waals surface area contributed by atoms with E-state index >= 15 is 0 Å².